The zero-order valence-electron chi connectivity index (χ0n) is 18.6. The molecule has 172 valence electrons. The first-order valence-electron chi connectivity index (χ1n) is 11.1. The Kier molecular flexibility index (Phi) is 5.99. The van der Waals surface area contributed by atoms with Gasteiger partial charge in [0.15, 0.2) is 11.6 Å². The molecule has 1 amide bonds. The molecule has 0 atom stereocenters. The molecule has 0 saturated heterocycles. The van der Waals surface area contributed by atoms with Crippen molar-refractivity contribution in [2.75, 3.05) is 13.7 Å². The fraction of sp³-hybridized carbons (Fsp3) is 0.240. The summed E-state index contributed by atoms with van der Waals surface area (Å²) in [5.74, 6) is 0.0766. The number of hydrogen-bond acceptors (Lipinski definition) is 6. The third kappa shape index (κ3) is 4.50. The van der Waals surface area contributed by atoms with Crippen molar-refractivity contribution in [2.45, 2.75) is 25.2 Å². The van der Waals surface area contributed by atoms with Gasteiger partial charge in [0.05, 0.1) is 30.3 Å². The van der Waals surface area contributed by atoms with Gasteiger partial charge in [0, 0.05) is 42.5 Å². The van der Waals surface area contributed by atoms with E-state index in [0.717, 1.165) is 24.2 Å². The molecule has 1 aromatic carbocycles. The molecule has 1 aliphatic carbocycles. The van der Waals surface area contributed by atoms with Crippen molar-refractivity contribution in [2.24, 2.45) is 0 Å². The Hall–Kier alpha value is -4.14. The molecule has 34 heavy (non-hydrogen) atoms. The maximum atomic E-state index is 14.2. The van der Waals surface area contributed by atoms with Crippen LogP contribution in [0.4, 0.5) is 4.39 Å². The molecule has 8 nitrogen and oxygen atoms in total. The largest absolute Gasteiger partial charge is 0.494 e. The van der Waals surface area contributed by atoms with E-state index in [4.69, 9.17) is 4.74 Å². The molecule has 0 bridgehead atoms. The number of methoxy groups -OCH3 is 1. The van der Waals surface area contributed by atoms with Gasteiger partial charge in [-0.1, -0.05) is 6.07 Å². The van der Waals surface area contributed by atoms with Crippen LogP contribution in [-0.2, 0) is 6.42 Å². The predicted molar refractivity (Wildman–Crippen MR) is 123 cm³/mol. The van der Waals surface area contributed by atoms with E-state index in [1.54, 1.807) is 41.5 Å². The van der Waals surface area contributed by atoms with Gasteiger partial charge >= 0.3 is 0 Å². The summed E-state index contributed by atoms with van der Waals surface area (Å²) in [6.07, 6.45) is 7.49. The van der Waals surface area contributed by atoms with Gasteiger partial charge in [0.2, 0.25) is 0 Å². The third-order valence-electron chi connectivity index (χ3n) is 5.69. The summed E-state index contributed by atoms with van der Waals surface area (Å²) < 4.78 is 20.8. The van der Waals surface area contributed by atoms with Gasteiger partial charge in [0.1, 0.15) is 0 Å². The molecule has 0 radical (unpaired) electrons. The average Bonchev–Trinajstić information content (AvgIpc) is 3.62. The molecular formula is C25H23FN6O2. The molecule has 9 heteroatoms. The Bertz CT molecular complexity index is 1320. The number of pyridine rings is 1. The quantitative estimate of drug-likeness (QED) is 0.432. The van der Waals surface area contributed by atoms with Gasteiger partial charge in [-0.25, -0.2) is 19.0 Å². The zero-order chi connectivity index (χ0) is 23.5. The average molecular weight is 458 g/mol. The predicted octanol–water partition coefficient (Wildman–Crippen LogP) is 3.72. The summed E-state index contributed by atoms with van der Waals surface area (Å²) >= 11 is 0. The van der Waals surface area contributed by atoms with Crippen LogP contribution in [-0.4, -0.2) is 44.3 Å². The standard InChI is InChI=1S/C25H23FN6O2/c1-34-22-8-7-17(14-20(22)26)21-10-13-29-25(31-21)32-23(16-5-6-16)19(15-30-32)24(33)28-12-9-18-4-2-3-11-27-18/h2-4,7-8,10-11,13-16H,5-6,9,12H2,1H3,(H,28,33). The first kappa shape index (κ1) is 21.7. The van der Waals surface area contributed by atoms with Crippen LogP contribution < -0.4 is 10.1 Å². The monoisotopic (exact) mass is 458 g/mol. The molecule has 1 aliphatic rings. The number of aromatic nitrogens is 5. The molecule has 0 unspecified atom stereocenters. The first-order chi connectivity index (χ1) is 16.6. The lowest BCUT2D eigenvalue weighted by molar-refractivity contribution is 0.0953. The number of nitrogens with zero attached hydrogens (tertiary/aromatic N) is 5. The van der Waals surface area contributed by atoms with Crippen LogP contribution >= 0.6 is 0 Å². The maximum absolute atomic E-state index is 14.2. The van der Waals surface area contributed by atoms with E-state index in [2.05, 4.69) is 25.4 Å². The molecule has 1 fully saturated rings. The topological polar surface area (TPSA) is 94.8 Å². The highest BCUT2D eigenvalue weighted by Crippen LogP contribution is 2.42. The highest BCUT2D eigenvalue weighted by atomic mass is 19.1. The Morgan fingerprint density at radius 2 is 2.06 bits per heavy atom. The van der Waals surface area contributed by atoms with E-state index in [9.17, 15) is 9.18 Å². The van der Waals surface area contributed by atoms with Crippen molar-refractivity contribution in [3.63, 3.8) is 0 Å². The van der Waals surface area contributed by atoms with E-state index >= 15 is 0 Å². The van der Waals surface area contributed by atoms with Crippen LogP contribution in [0, 0.1) is 5.82 Å². The zero-order valence-corrected chi connectivity index (χ0v) is 18.6. The van der Waals surface area contributed by atoms with Crippen LogP contribution in [0.15, 0.2) is 61.1 Å². The van der Waals surface area contributed by atoms with Gasteiger partial charge < -0.3 is 10.1 Å². The number of nitrogens with one attached hydrogen (secondary N) is 1. The number of rotatable bonds is 8. The summed E-state index contributed by atoms with van der Waals surface area (Å²) in [4.78, 5) is 26.2. The fourth-order valence-electron chi connectivity index (χ4n) is 3.82. The van der Waals surface area contributed by atoms with Crippen molar-refractivity contribution >= 4 is 5.91 Å². The van der Waals surface area contributed by atoms with Gasteiger partial charge in [-0.2, -0.15) is 5.10 Å². The normalized spacial score (nSPS) is 13.0. The minimum atomic E-state index is -0.470. The second kappa shape index (κ2) is 9.38. The van der Waals surface area contributed by atoms with E-state index in [1.165, 1.54) is 13.2 Å². The van der Waals surface area contributed by atoms with E-state index in [0.29, 0.717) is 35.7 Å². The lowest BCUT2D eigenvalue weighted by Crippen LogP contribution is -2.26. The fourth-order valence-corrected chi connectivity index (χ4v) is 3.82. The number of carbonyl (C=O) groups is 1. The smallest absolute Gasteiger partial charge is 0.254 e. The lowest BCUT2D eigenvalue weighted by Gasteiger charge is -2.10. The number of carbonyl (C=O) groups excluding carboxylic acids is 1. The molecule has 1 N–H and O–H groups in total. The molecule has 0 aliphatic heterocycles. The first-order valence-corrected chi connectivity index (χ1v) is 11.1. The Labute approximate surface area is 195 Å². The molecular weight excluding hydrogens is 435 g/mol. The molecule has 3 aromatic heterocycles. The minimum Gasteiger partial charge on any atom is -0.494 e. The number of halogens is 1. The van der Waals surface area contributed by atoms with Crippen molar-refractivity contribution < 1.29 is 13.9 Å². The number of hydrogen-bond donors (Lipinski definition) is 1. The van der Waals surface area contributed by atoms with Crippen molar-refractivity contribution in [1.29, 1.82) is 0 Å². The highest BCUT2D eigenvalue weighted by molar-refractivity contribution is 5.95. The number of ether oxygens (including phenoxy) is 1. The maximum Gasteiger partial charge on any atom is 0.254 e. The highest BCUT2D eigenvalue weighted by Gasteiger charge is 2.33. The second-order valence-electron chi connectivity index (χ2n) is 8.05. The molecule has 4 aromatic rings. The van der Waals surface area contributed by atoms with E-state index < -0.39 is 5.82 Å². The summed E-state index contributed by atoms with van der Waals surface area (Å²) in [6.45, 7) is 0.472. The molecule has 3 heterocycles. The lowest BCUT2D eigenvalue weighted by atomic mass is 10.1. The third-order valence-corrected chi connectivity index (χ3v) is 5.69. The summed E-state index contributed by atoms with van der Waals surface area (Å²) in [6, 6.07) is 12.1. The molecule has 0 spiro atoms. The van der Waals surface area contributed by atoms with Crippen molar-refractivity contribution in [3.8, 4) is 23.0 Å². The van der Waals surface area contributed by atoms with Crippen LogP contribution in [0.25, 0.3) is 17.2 Å². The Morgan fingerprint density at radius 1 is 1.18 bits per heavy atom. The van der Waals surface area contributed by atoms with E-state index in [-0.39, 0.29) is 17.6 Å². The van der Waals surface area contributed by atoms with Crippen molar-refractivity contribution in [3.05, 3.63) is 83.8 Å². The number of amides is 1. The summed E-state index contributed by atoms with van der Waals surface area (Å²) in [5.41, 5.74) is 3.38. The van der Waals surface area contributed by atoms with Crippen molar-refractivity contribution in [1.82, 2.24) is 30.0 Å². The Balaban J connectivity index is 1.39. The Morgan fingerprint density at radius 3 is 2.79 bits per heavy atom. The molecule has 1 saturated carbocycles. The van der Waals surface area contributed by atoms with Gasteiger partial charge in [-0.3, -0.25) is 9.78 Å². The van der Waals surface area contributed by atoms with Crippen LogP contribution in [0.3, 0.4) is 0 Å². The van der Waals surface area contributed by atoms with Crippen LogP contribution in [0.2, 0.25) is 0 Å². The summed E-state index contributed by atoms with van der Waals surface area (Å²) in [5, 5.41) is 7.40. The van der Waals surface area contributed by atoms with E-state index in [1.807, 2.05) is 18.2 Å². The van der Waals surface area contributed by atoms with Gasteiger partial charge in [-0.15, -0.1) is 0 Å². The number of benzene rings is 1. The van der Waals surface area contributed by atoms with Crippen LogP contribution in [0.1, 0.15) is 40.5 Å². The van der Waals surface area contributed by atoms with Gasteiger partial charge in [0.25, 0.3) is 11.9 Å². The van der Waals surface area contributed by atoms with Gasteiger partial charge in [-0.05, 0) is 49.2 Å². The second-order valence-corrected chi connectivity index (χ2v) is 8.05. The SMILES string of the molecule is COc1ccc(-c2ccnc(-n3ncc(C(=O)NCCc4ccccn4)c3C3CC3)n2)cc1F. The summed E-state index contributed by atoms with van der Waals surface area (Å²) in [7, 11) is 1.42. The minimum absolute atomic E-state index is 0.167. The molecule has 5 rings (SSSR count). The van der Waals surface area contributed by atoms with Crippen LogP contribution in [0.5, 0.6) is 5.75 Å².